The number of aliphatic carboxylic acids is 2. The summed E-state index contributed by atoms with van der Waals surface area (Å²) in [6.45, 7) is 4.09. The van der Waals surface area contributed by atoms with Crippen molar-refractivity contribution in [2.45, 2.75) is 95.5 Å². The lowest BCUT2D eigenvalue weighted by Crippen LogP contribution is -2.60. The van der Waals surface area contributed by atoms with Crippen molar-refractivity contribution in [1.82, 2.24) is 0 Å². The van der Waals surface area contributed by atoms with Crippen LogP contribution in [0.4, 0.5) is 0 Å². The van der Waals surface area contributed by atoms with Crippen LogP contribution in [-0.2, 0) is 14.3 Å². The van der Waals surface area contributed by atoms with Crippen LogP contribution in [0.1, 0.15) is 71.6 Å². The number of aliphatic hydroxyl groups is 3. The second kappa shape index (κ2) is 13.0. The molecule has 8 heteroatoms. The molecule has 4 atom stereocenters. The molecule has 154 valence electrons. The molecule has 0 fully saturated rings. The summed E-state index contributed by atoms with van der Waals surface area (Å²) < 4.78 is 5.52. The number of carboxylic acid groups (broad SMARTS) is 2. The van der Waals surface area contributed by atoms with E-state index in [0.29, 0.717) is 12.8 Å². The van der Waals surface area contributed by atoms with Gasteiger partial charge in [0.1, 0.15) is 12.2 Å². The molecule has 0 aliphatic carbocycles. The van der Waals surface area contributed by atoms with Gasteiger partial charge < -0.3 is 30.3 Å². The fourth-order valence-corrected chi connectivity index (χ4v) is 2.79. The Balaban J connectivity index is 5.28. The van der Waals surface area contributed by atoms with Gasteiger partial charge in [0.2, 0.25) is 0 Å². The Morgan fingerprint density at radius 2 is 1.42 bits per heavy atom. The summed E-state index contributed by atoms with van der Waals surface area (Å²) in [7, 11) is 0. The minimum Gasteiger partial charge on any atom is -0.479 e. The number of rotatable bonds is 16. The fourth-order valence-electron chi connectivity index (χ4n) is 2.79. The average molecular weight is 378 g/mol. The molecule has 0 aromatic heterocycles. The number of aliphatic hydroxyl groups excluding tert-OH is 3. The highest BCUT2D eigenvalue weighted by Crippen LogP contribution is 2.29. The van der Waals surface area contributed by atoms with E-state index < -0.39 is 35.9 Å². The lowest BCUT2D eigenvalue weighted by molar-refractivity contribution is -0.208. The standard InChI is InChI=1S/C18H34O8/c1-3-5-7-9-11-18(17(24)25,26-12-10-8-6-4-2)15(21)13(19)14(20)16(22)23/h13-15,19-21H,3-12H2,1-2H3,(H,22,23)(H,24,25)/t13-,14+,15+,18-/m1/s1. The molecule has 0 aromatic rings. The first-order valence-electron chi connectivity index (χ1n) is 9.38. The Bertz CT molecular complexity index is 414. The molecular formula is C18H34O8. The van der Waals surface area contributed by atoms with Gasteiger partial charge >= 0.3 is 11.9 Å². The number of carboxylic acids is 2. The van der Waals surface area contributed by atoms with Gasteiger partial charge in [-0.05, 0) is 19.3 Å². The predicted octanol–water partition coefficient (Wildman–Crippen LogP) is 1.54. The molecule has 26 heavy (non-hydrogen) atoms. The first kappa shape index (κ1) is 24.8. The van der Waals surface area contributed by atoms with Crippen LogP contribution in [0, 0.1) is 0 Å². The summed E-state index contributed by atoms with van der Waals surface area (Å²) in [5, 5.41) is 48.4. The second-order valence-electron chi connectivity index (χ2n) is 6.63. The van der Waals surface area contributed by atoms with Gasteiger partial charge in [0.25, 0.3) is 0 Å². The van der Waals surface area contributed by atoms with E-state index in [4.69, 9.17) is 9.84 Å². The highest BCUT2D eigenvalue weighted by molar-refractivity contribution is 5.79. The third-order valence-corrected chi connectivity index (χ3v) is 4.50. The molecule has 0 saturated carbocycles. The lowest BCUT2D eigenvalue weighted by atomic mass is 9.85. The Morgan fingerprint density at radius 1 is 0.885 bits per heavy atom. The van der Waals surface area contributed by atoms with Crippen molar-refractivity contribution in [2.75, 3.05) is 6.61 Å². The fraction of sp³-hybridized carbons (Fsp3) is 0.889. The molecule has 0 spiro atoms. The SMILES string of the molecule is CCCCCCO[C@@](CCCCCC)(C(=O)O)[C@@H](O)[C@H](O)[C@H](O)C(=O)O. The molecule has 0 rings (SSSR count). The van der Waals surface area contributed by atoms with E-state index in [1.807, 2.05) is 13.8 Å². The van der Waals surface area contributed by atoms with Crippen molar-refractivity contribution in [3.8, 4) is 0 Å². The van der Waals surface area contributed by atoms with Gasteiger partial charge in [0.05, 0.1) is 0 Å². The molecule has 0 heterocycles. The molecule has 8 nitrogen and oxygen atoms in total. The van der Waals surface area contributed by atoms with Crippen LogP contribution in [0.3, 0.4) is 0 Å². The van der Waals surface area contributed by atoms with E-state index in [9.17, 15) is 30.0 Å². The third kappa shape index (κ3) is 7.57. The average Bonchev–Trinajstić information content (AvgIpc) is 2.61. The Labute approximate surface area is 154 Å². The highest BCUT2D eigenvalue weighted by Gasteiger charge is 2.51. The zero-order chi connectivity index (χ0) is 20.2. The number of hydrogen-bond acceptors (Lipinski definition) is 6. The summed E-state index contributed by atoms with van der Waals surface area (Å²) in [5.41, 5.74) is -2.16. The van der Waals surface area contributed by atoms with Gasteiger partial charge in [-0.15, -0.1) is 0 Å². The summed E-state index contributed by atoms with van der Waals surface area (Å²) in [5.74, 6) is -3.22. The molecule has 0 aliphatic heterocycles. The largest absolute Gasteiger partial charge is 0.479 e. The minimum absolute atomic E-state index is 0.0625. The molecule has 0 aliphatic rings. The summed E-state index contributed by atoms with van der Waals surface area (Å²) in [4.78, 5) is 22.8. The monoisotopic (exact) mass is 378 g/mol. The number of hydrogen-bond donors (Lipinski definition) is 5. The van der Waals surface area contributed by atoms with Gasteiger partial charge in [0.15, 0.2) is 11.7 Å². The van der Waals surface area contributed by atoms with Crippen molar-refractivity contribution in [3.05, 3.63) is 0 Å². The molecule has 5 N–H and O–H groups in total. The van der Waals surface area contributed by atoms with Crippen molar-refractivity contribution < 1.29 is 39.9 Å². The van der Waals surface area contributed by atoms with Crippen LogP contribution < -0.4 is 0 Å². The zero-order valence-corrected chi connectivity index (χ0v) is 15.8. The van der Waals surface area contributed by atoms with Gasteiger partial charge in [-0.1, -0.05) is 52.4 Å². The van der Waals surface area contributed by atoms with Crippen LogP contribution in [0.15, 0.2) is 0 Å². The van der Waals surface area contributed by atoms with Gasteiger partial charge in [-0.2, -0.15) is 0 Å². The Hall–Kier alpha value is -1.22. The van der Waals surface area contributed by atoms with Crippen LogP contribution >= 0.6 is 0 Å². The van der Waals surface area contributed by atoms with Crippen molar-refractivity contribution >= 4 is 11.9 Å². The highest BCUT2D eigenvalue weighted by atomic mass is 16.5. The topological polar surface area (TPSA) is 145 Å². The molecule has 0 aromatic carbocycles. The minimum atomic E-state index is -2.30. The van der Waals surface area contributed by atoms with E-state index in [2.05, 4.69) is 0 Å². The smallest absolute Gasteiger partial charge is 0.338 e. The number of carbonyl (C=O) groups is 2. The zero-order valence-electron chi connectivity index (χ0n) is 15.8. The first-order chi connectivity index (χ1) is 12.2. The predicted molar refractivity (Wildman–Crippen MR) is 94.9 cm³/mol. The van der Waals surface area contributed by atoms with E-state index >= 15 is 0 Å². The molecule has 0 amide bonds. The summed E-state index contributed by atoms with van der Waals surface area (Å²) >= 11 is 0. The van der Waals surface area contributed by atoms with E-state index in [1.54, 1.807) is 0 Å². The quantitative estimate of drug-likeness (QED) is 0.254. The number of unbranched alkanes of at least 4 members (excludes halogenated alkanes) is 6. The van der Waals surface area contributed by atoms with E-state index in [-0.39, 0.29) is 13.0 Å². The lowest BCUT2D eigenvalue weighted by Gasteiger charge is -2.37. The second-order valence-corrected chi connectivity index (χ2v) is 6.63. The molecule has 0 unspecified atom stereocenters. The molecule has 0 saturated heterocycles. The maximum atomic E-state index is 11.9. The molecule has 0 bridgehead atoms. The third-order valence-electron chi connectivity index (χ3n) is 4.50. The first-order valence-corrected chi connectivity index (χ1v) is 9.38. The van der Waals surface area contributed by atoms with Gasteiger partial charge in [-0.3, -0.25) is 0 Å². The normalized spacial score (nSPS) is 17.3. The Kier molecular flexibility index (Phi) is 12.4. The van der Waals surface area contributed by atoms with Crippen LogP contribution in [0.25, 0.3) is 0 Å². The van der Waals surface area contributed by atoms with E-state index in [1.165, 1.54) is 0 Å². The van der Waals surface area contributed by atoms with Crippen molar-refractivity contribution in [3.63, 3.8) is 0 Å². The maximum Gasteiger partial charge on any atom is 0.338 e. The van der Waals surface area contributed by atoms with Gasteiger partial charge in [0, 0.05) is 6.61 Å². The van der Waals surface area contributed by atoms with Crippen LogP contribution in [0.2, 0.25) is 0 Å². The van der Waals surface area contributed by atoms with Crippen LogP contribution in [0.5, 0.6) is 0 Å². The molecular weight excluding hydrogens is 344 g/mol. The maximum absolute atomic E-state index is 11.9. The van der Waals surface area contributed by atoms with Crippen molar-refractivity contribution in [1.29, 1.82) is 0 Å². The number of ether oxygens (including phenoxy) is 1. The van der Waals surface area contributed by atoms with E-state index in [0.717, 1.165) is 38.5 Å². The van der Waals surface area contributed by atoms with Crippen LogP contribution in [-0.4, -0.2) is 68.0 Å². The summed E-state index contributed by atoms with van der Waals surface area (Å²) in [6.07, 6.45) is -0.301. The van der Waals surface area contributed by atoms with Gasteiger partial charge in [-0.25, -0.2) is 9.59 Å². The Morgan fingerprint density at radius 3 is 1.88 bits per heavy atom. The van der Waals surface area contributed by atoms with Crippen molar-refractivity contribution in [2.24, 2.45) is 0 Å². The summed E-state index contributed by atoms with van der Waals surface area (Å²) in [6, 6.07) is 0. The molecule has 0 radical (unpaired) electrons.